The number of halogens is 1. The molecule has 0 aliphatic carbocycles. The minimum atomic E-state index is -0.640. The molecule has 2 aromatic heterocycles. The number of hydrogen-bond donors (Lipinski definition) is 3. The summed E-state index contributed by atoms with van der Waals surface area (Å²) in [6.07, 6.45) is 5.04. The number of thiazole rings is 1. The van der Waals surface area contributed by atoms with Crippen LogP contribution in [0.1, 0.15) is 39.7 Å². The summed E-state index contributed by atoms with van der Waals surface area (Å²) >= 11 is 7.42. The topological polar surface area (TPSA) is 98.3 Å². The Morgan fingerprint density at radius 1 is 1.23 bits per heavy atom. The molecule has 3 heterocycles. The van der Waals surface area contributed by atoms with Crippen molar-refractivity contribution in [2.24, 2.45) is 5.92 Å². The van der Waals surface area contributed by atoms with E-state index in [0.29, 0.717) is 32.3 Å². The quantitative estimate of drug-likeness (QED) is 0.359. The van der Waals surface area contributed by atoms with Gasteiger partial charge in [-0.2, -0.15) is 0 Å². The van der Waals surface area contributed by atoms with E-state index in [1.807, 2.05) is 30.3 Å². The molecule has 1 unspecified atom stereocenters. The number of carbonyl (C=O) groups excluding carboxylic acids is 1. The van der Waals surface area contributed by atoms with Crippen LogP contribution in [-0.2, 0) is 0 Å². The standard InChI is InChI=1S/C26H25ClN4O3S/c27-18-6-7-19-21(12-18)28-13-20(24(19)33)23(17-4-2-1-3-5-17)30-25(34)22-14-29-26(35-22)31-10-8-16(15-32)9-11-31/h1-7,12-14,16,23,32H,8-11,15H2,(H,28,33)(H,30,34). The summed E-state index contributed by atoms with van der Waals surface area (Å²) < 4.78 is 0. The van der Waals surface area contributed by atoms with Gasteiger partial charge in [0.15, 0.2) is 10.6 Å². The maximum atomic E-state index is 13.4. The third kappa shape index (κ3) is 4.96. The SMILES string of the molecule is O=C(NC(c1ccccc1)c1c[nH]c2cc(Cl)ccc2c1=O)c1cnc(N2CCC(CO)CC2)s1. The summed E-state index contributed by atoms with van der Waals surface area (Å²) in [5.41, 5.74) is 1.72. The van der Waals surface area contributed by atoms with Crippen molar-refractivity contribution in [1.82, 2.24) is 15.3 Å². The van der Waals surface area contributed by atoms with Crippen LogP contribution in [0.25, 0.3) is 10.9 Å². The molecule has 1 fully saturated rings. The second-order valence-electron chi connectivity index (χ2n) is 8.70. The van der Waals surface area contributed by atoms with Crippen molar-refractivity contribution in [3.8, 4) is 0 Å². The Morgan fingerprint density at radius 3 is 2.74 bits per heavy atom. The van der Waals surface area contributed by atoms with Gasteiger partial charge in [0.1, 0.15) is 4.88 Å². The summed E-state index contributed by atoms with van der Waals surface area (Å²) in [5.74, 6) is 0.0418. The van der Waals surface area contributed by atoms with Gasteiger partial charge in [-0.1, -0.05) is 53.3 Å². The molecule has 180 valence electrons. The molecule has 1 aliphatic heterocycles. The number of fused-ring (bicyclic) bond motifs is 1. The third-order valence-electron chi connectivity index (χ3n) is 6.45. The monoisotopic (exact) mass is 508 g/mol. The minimum Gasteiger partial charge on any atom is -0.396 e. The van der Waals surface area contributed by atoms with Crippen LogP contribution in [0.4, 0.5) is 5.13 Å². The predicted octanol–water partition coefficient (Wildman–Crippen LogP) is 4.37. The molecule has 3 N–H and O–H groups in total. The Bertz CT molecular complexity index is 1400. The molecule has 7 nitrogen and oxygen atoms in total. The first-order valence-corrected chi connectivity index (χ1v) is 12.7. The summed E-state index contributed by atoms with van der Waals surface area (Å²) in [6.45, 7) is 1.83. The molecule has 0 saturated carbocycles. The lowest BCUT2D eigenvalue weighted by atomic mass is 9.98. The molecule has 35 heavy (non-hydrogen) atoms. The molecule has 0 bridgehead atoms. The van der Waals surface area contributed by atoms with Crippen LogP contribution in [-0.4, -0.2) is 40.7 Å². The fraction of sp³-hybridized carbons (Fsp3) is 0.269. The highest BCUT2D eigenvalue weighted by atomic mass is 35.5. The molecular weight excluding hydrogens is 484 g/mol. The number of rotatable bonds is 6. The Morgan fingerprint density at radius 2 is 2.00 bits per heavy atom. The van der Waals surface area contributed by atoms with E-state index in [2.05, 4.69) is 20.2 Å². The first kappa shape index (κ1) is 23.5. The highest BCUT2D eigenvalue weighted by Gasteiger charge is 2.25. The molecule has 1 saturated heterocycles. The van der Waals surface area contributed by atoms with Gasteiger partial charge in [-0.05, 0) is 42.5 Å². The van der Waals surface area contributed by atoms with Gasteiger partial charge < -0.3 is 20.3 Å². The van der Waals surface area contributed by atoms with Gasteiger partial charge in [-0.25, -0.2) is 4.98 Å². The van der Waals surface area contributed by atoms with Gasteiger partial charge in [0.2, 0.25) is 0 Å². The van der Waals surface area contributed by atoms with E-state index >= 15 is 0 Å². The van der Waals surface area contributed by atoms with Crippen molar-refractivity contribution in [3.05, 3.63) is 92.2 Å². The zero-order valence-electron chi connectivity index (χ0n) is 18.9. The maximum absolute atomic E-state index is 13.4. The van der Waals surface area contributed by atoms with E-state index < -0.39 is 6.04 Å². The van der Waals surface area contributed by atoms with Gasteiger partial charge in [0.05, 0.1) is 17.8 Å². The Labute approximate surface area is 211 Å². The van der Waals surface area contributed by atoms with Crippen LogP contribution >= 0.6 is 22.9 Å². The normalized spacial score (nSPS) is 15.3. The van der Waals surface area contributed by atoms with Crippen LogP contribution in [0.15, 0.2) is 65.7 Å². The number of aromatic amines is 1. The fourth-order valence-electron chi connectivity index (χ4n) is 4.44. The smallest absolute Gasteiger partial charge is 0.263 e. The zero-order chi connectivity index (χ0) is 24.4. The van der Waals surface area contributed by atoms with Gasteiger partial charge >= 0.3 is 0 Å². The summed E-state index contributed by atoms with van der Waals surface area (Å²) in [6, 6.07) is 13.9. The van der Waals surface area contributed by atoms with Gasteiger partial charge in [0, 0.05) is 41.9 Å². The molecule has 0 spiro atoms. The lowest BCUT2D eigenvalue weighted by molar-refractivity contribution is 0.0946. The first-order chi connectivity index (χ1) is 17.0. The minimum absolute atomic E-state index is 0.165. The highest BCUT2D eigenvalue weighted by molar-refractivity contribution is 7.17. The second-order valence-corrected chi connectivity index (χ2v) is 10.1. The van der Waals surface area contributed by atoms with E-state index in [9.17, 15) is 14.7 Å². The average Bonchev–Trinajstić information content (AvgIpc) is 3.39. The molecule has 1 aliphatic rings. The van der Waals surface area contributed by atoms with Crippen molar-refractivity contribution in [3.63, 3.8) is 0 Å². The van der Waals surface area contributed by atoms with Crippen LogP contribution in [0.3, 0.4) is 0 Å². The van der Waals surface area contributed by atoms with Crippen molar-refractivity contribution >= 4 is 44.9 Å². The number of piperidine rings is 1. The Balaban J connectivity index is 1.43. The average molecular weight is 509 g/mol. The number of anilines is 1. The number of hydrogen-bond acceptors (Lipinski definition) is 6. The molecule has 4 aromatic rings. The number of nitrogens with one attached hydrogen (secondary N) is 2. The number of aromatic nitrogens is 2. The van der Waals surface area contributed by atoms with Crippen LogP contribution in [0.5, 0.6) is 0 Å². The van der Waals surface area contributed by atoms with E-state index in [1.165, 1.54) is 11.3 Å². The van der Waals surface area contributed by atoms with Crippen LogP contribution < -0.4 is 15.6 Å². The van der Waals surface area contributed by atoms with Crippen molar-refractivity contribution in [2.75, 3.05) is 24.6 Å². The summed E-state index contributed by atoms with van der Waals surface area (Å²) in [4.78, 5) is 36.9. The number of aliphatic hydroxyl groups excluding tert-OH is 1. The third-order valence-corrected chi connectivity index (χ3v) is 7.74. The molecule has 9 heteroatoms. The van der Waals surface area contributed by atoms with Gasteiger partial charge in [0.25, 0.3) is 5.91 Å². The van der Waals surface area contributed by atoms with Crippen molar-refractivity contribution in [1.29, 1.82) is 0 Å². The fourth-order valence-corrected chi connectivity index (χ4v) is 5.48. The van der Waals surface area contributed by atoms with Gasteiger partial charge in [-0.15, -0.1) is 0 Å². The van der Waals surface area contributed by atoms with Crippen molar-refractivity contribution < 1.29 is 9.90 Å². The van der Waals surface area contributed by atoms with Gasteiger partial charge in [-0.3, -0.25) is 9.59 Å². The van der Waals surface area contributed by atoms with Crippen LogP contribution in [0, 0.1) is 5.92 Å². The maximum Gasteiger partial charge on any atom is 0.263 e. The zero-order valence-corrected chi connectivity index (χ0v) is 20.5. The predicted molar refractivity (Wildman–Crippen MR) is 139 cm³/mol. The number of pyridine rings is 1. The van der Waals surface area contributed by atoms with E-state index in [4.69, 9.17) is 11.6 Å². The van der Waals surface area contributed by atoms with Crippen molar-refractivity contribution in [2.45, 2.75) is 18.9 Å². The Hall–Kier alpha value is -3.20. The lowest BCUT2D eigenvalue weighted by Gasteiger charge is -2.30. The number of H-pyrrole nitrogens is 1. The lowest BCUT2D eigenvalue weighted by Crippen LogP contribution is -2.34. The molecule has 1 amide bonds. The molecule has 5 rings (SSSR count). The van der Waals surface area contributed by atoms with E-state index in [0.717, 1.165) is 36.6 Å². The van der Waals surface area contributed by atoms with Crippen LogP contribution in [0.2, 0.25) is 5.02 Å². The molecular formula is C26H25ClN4O3S. The highest BCUT2D eigenvalue weighted by Crippen LogP contribution is 2.28. The summed E-state index contributed by atoms with van der Waals surface area (Å²) in [7, 11) is 0. The largest absolute Gasteiger partial charge is 0.396 e. The molecule has 2 aromatic carbocycles. The molecule has 0 radical (unpaired) electrons. The number of benzene rings is 2. The summed E-state index contributed by atoms with van der Waals surface area (Å²) in [5, 5.41) is 14.3. The number of carbonyl (C=O) groups is 1. The first-order valence-electron chi connectivity index (χ1n) is 11.5. The Kier molecular flexibility index (Phi) is 6.86. The second kappa shape index (κ2) is 10.2. The number of amides is 1. The number of nitrogens with zero attached hydrogens (tertiary/aromatic N) is 2. The van der Waals surface area contributed by atoms with E-state index in [-0.39, 0.29) is 17.9 Å². The number of aliphatic hydroxyl groups is 1. The van der Waals surface area contributed by atoms with E-state index in [1.54, 1.807) is 30.6 Å². The molecule has 1 atom stereocenters.